The number of nitrogens with zero attached hydrogens (tertiary/aromatic N) is 3. The number of aryl methyl sites for hydroxylation is 1. The van der Waals surface area contributed by atoms with Crippen LogP contribution in [-0.2, 0) is 6.54 Å². The van der Waals surface area contributed by atoms with E-state index in [4.69, 9.17) is 5.11 Å². The number of rotatable bonds is 4. The van der Waals surface area contributed by atoms with Gasteiger partial charge in [-0.1, -0.05) is 0 Å². The van der Waals surface area contributed by atoms with Crippen LogP contribution < -0.4 is 5.56 Å². The number of aliphatic hydroxyl groups is 1. The second kappa shape index (κ2) is 5.50. The summed E-state index contributed by atoms with van der Waals surface area (Å²) in [6.45, 7) is 4.53. The molecule has 0 aromatic carbocycles. The Morgan fingerprint density at radius 1 is 1.47 bits per heavy atom. The van der Waals surface area contributed by atoms with Gasteiger partial charge in [0, 0.05) is 24.8 Å². The fourth-order valence-electron chi connectivity index (χ4n) is 1.89. The molecule has 0 saturated heterocycles. The Labute approximate surface area is 112 Å². The number of hydrogen-bond acceptors (Lipinski definition) is 4. The average Bonchev–Trinajstić information content (AvgIpc) is 2.37. The highest BCUT2D eigenvalue weighted by molar-refractivity contribution is 5.41. The molecular weight excluding hydrogens is 242 g/mol. The summed E-state index contributed by atoms with van der Waals surface area (Å²) in [7, 11) is 1.90. The van der Waals surface area contributed by atoms with Crippen molar-refractivity contribution in [2.45, 2.75) is 26.4 Å². The van der Waals surface area contributed by atoms with Crippen LogP contribution >= 0.6 is 0 Å². The summed E-state index contributed by atoms with van der Waals surface area (Å²) >= 11 is 0. The van der Waals surface area contributed by atoms with E-state index in [2.05, 4.69) is 4.98 Å². The zero-order chi connectivity index (χ0) is 14.0. The van der Waals surface area contributed by atoms with E-state index in [0.717, 1.165) is 11.3 Å². The number of aromatic nitrogens is 2. The van der Waals surface area contributed by atoms with Crippen LogP contribution in [0, 0.1) is 6.92 Å². The first-order valence-electron chi connectivity index (χ1n) is 6.31. The first kappa shape index (κ1) is 13.7. The molecule has 0 aliphatic rings. The molecule has 0 aliphatic carbocycles. The summed E-state index contributed by atoms with van der Waals surface area (Å²) in [5.41, 5.74) is 2.37. The summed E-state index contributed by atoms with van der Waals surface area (Å²) in [6, 6.07) is 5.36. The van der Waals surface area contributed by atoms with Crippen molar-refractivity contribution in [3.8, 4) is 0 Å². The Hall–Kier alpha value is -1.72. The van der Waals surface area contributed by atoms with Crippen molar-refractivity contribution in [3.63, 3.8) is 0 Å². The molecular formula is C14H19N3O2. The van der Waals surface area contributed by atoms with E-state index in [1.807, 2.05) is 37.9 Å². The molecule has 2 heterocycles. The quantitative estimate of drug-likeness (QED) is 0.885. The summed E-state index contributed by atoms with van der Waals surface area (Å²) in [5, 5.41) is 9.12. The SMILES string of the molecule is Cc1ccn2c(=O)cc(CN(C)C(C)CO)nc2c1. The largest absolute Gasteiger partial charge is 0.395 e. The Kier molecular flexibility index (Phi) is 3.97. The van der Waals surface area contributed by atoms with Crippen LogP contribution in [0.15, 0.2) is 29.2 Å². The molecule has 0 fully saturated rings. The molecule has 5 nitrogen and oxygen atoms in total. The fourth-order valence-corrected chi connectivity index (χ4v) is 1.89. The fraction of sp³-hybridized carbons (Fsp3) is 0.429. The molecule has 0 spiro atoms. The van der Waals surface area contributed by atoms with Gasteiger partial charge in [-0.25, -0.2) is 4.98 Å². The van der Waals surface area contributed by atoms with Gasteiger partial charge in [0.15, 0.2) is 0 Å². The molecule has 0 bridgehead atoms. The highest BCUT2D eigenvalue weighted by atomic mass is 16.3. The molecule has 2 aromatic heterocycles. The topological polar surface area (TPSA) is 57.8 Å². The van der Waals surface area contributed by atoms with Gasteiger partial charge in [-0.15, -0.1) is 0 Å². The molecule has 1 atom stereocenters. The lowest BCUT2D eigenvalue weighted by Gasteiger charge is -2.22. The maximum Gasteiger partial charge on any atom is 0.258 e. The second-order valence-electron chi connectivity index (χ2n) is 4.96. The number of hydrogen-bond donors (Lipinski definition) is 1. The van der Waals surface area contributed by atoms with Crippen molar-refractivity contribution >= 4 is 5.65 Å². The zero-order valence-electron chi connectivity index (χ0n) is 11.5. The van der Waals surface area contributed by atoms with Gasteiger partial charge in [-0.05, 0) is 38.6 Å². The maximum atomic E-state index is 12.0. The number of aliphatic hydroxyl groups excluding tert-OH is 1. The zero-order valence-corrected chi connectivity index (χ0v) is 11.5. The highest BCUT2D eigenvalue weighted by Gasteiger charge is 2.10. The molecule has 5 heteroatoms. The predicted octanol–water partition coefficient (Wildman–Crippen LogP) is 0.816. The van der Waals surface area contributed by atoms with E-state index >= 15 is 0 Å². The third kappa shape index (κ3) is 3.00. The third-order valence-corrected chi connectivity index (χ3v) is 3.30. The van der Waals surface area contributed by atoms with Gasteiger partial charge in [0.05, 0.1) is 12.3 Å². The Balaban J connectivity index is 2.37. The average molecular weight is 261 g/mol. The van der Waals surface area contributed by atoms with Crippen LogP contribution in [0.1, 0.15) is 18.2 Å². The number of likely N-dealkylation sites (N-methyl/N-ethyl adjacent to an activating group) is 1. The van der Waals surface area contributed by atoms with E-state index in [0.29, 0.717) is 12.2 Å². The molecule has 0 amide bonds. The van der Waals surface area contributed by atoms with E-state index in [-0.39, 0.29) is 18.2 Å². The van der Waals surface area contributed by atoms with Crippen LogP contribution in [0.2, 0.25) is 0 Å². The van der Waals surface area contributed by atoms with Crippen LogP contribution in [0.5, 0.6) is 0 Å². The number of pyridine rings is 1. The summed E-state index contributed by atoms with van der Waals surface area (Å²) in [4.78, 5) is 18.4. The van der Waals surface area contributed by atoms with Crippen LogP contribution in [-0.4, -0.2) is 39.1 Å². The van der Waals surface area contributed by atoms with E-state index in [9.17, 15) is 4.79 Å². The van der Waals surface area contributed by atoms with Crippen molar-refractivity contribution in [2.75, 3.05) is 13.7 Å². The number of fused-ring (bicyclic) bond motifs is 1. The minimum absolute atomic E-state index is 0.0396. The molecule has 2 aromatic rings. The molecule has 0 radical (unpaired) electrons. The third-order valence-electron chi connectivity index (χ3n) is 3.30. The minimum atomic E-state index is -0.0787. The maximum absolute atomic E-state index is 12.0. The van der Waals surface area contributed by atoms with E-state index < -0.39 is 0 Å². The molecule has 2 rings (SSSR count). The highest BCUT2D eigenvalue weighted by Crippen LogP contribution is 2.06. The summed E-state index contributed by atoms with van der Waals surface area (Å²) in [5.74, 6) is 0. The minimum Gasteiger partial charge on any atom is -0.395 e. The molecule has 1 N–H and O–H groups in total. The van der Waals surface area contributed by atoms with Gasteiger partial charge in [-0.3, -0.25) is 14.1 Å². The summed E-state index contributed by atoms with van der Waals surface area (Å²) in [6.07, 6.45) is 1.74. The monoisotopic (exact) mass is 261 g/mol. The smallest absolute Gasteiger partial charge is 0.258 e. The second-order valence-corrected chi connectivity index (χ2v) is 4.96. The van der Waals surface area contributed by atoms with Crippen molar-refractivity contribution in [1.82, 2.24) is 14.3 Å². The molecule has 102 valence electrons. The molecule has 19 heavy (non-hydrogen) atoms. The van der Waals surface area contributed by atoms with Crippen molar-refractivity contribution < 1.29 is 5.11 Å². The standard InChI is InChI=1S/C14H19N3O2/c1-10-4-5-17-13(6-10)15-12(7-14(17)19)8-16(3)11(2)9-18/h4-7,11,18H,8-9H2,1-3H3. The van der Waals surface area contributed by atoms with Gasteiger partial charge >= 0.3 is 0 Å². The van der Waals surface area contributed by atoms with Gasteiger partial charge in [0.25, 0.3) is 5.56 Å². The van der Waals surface area contributed by atoms with Crippen molar-refractivity contribution in [3.05, 3.63) is 46.0 Å². The van der Waals surface area contributed by atoms with Crippen LogP contribution in [0.3, 0.4) is 0 Å². The van der Waals surface area contributed by atoms with Crippen LogP contribution in [0.4, 0.5) is 0 Å². The normalized spacial score (nSPS) is 13.1. The lowest BCUT2D eigenvalue weighted by Crippen LogP contribution is -2.32. The Bertz CT molecular complexity index is 636. The van der Waals surface area contributed by atoms with Gasteiger partial charge < -0.3 is 5.11 Å². The molecule has 0 saturated carbocycles. The summed E-state index contributed by atoms with van der Waals surface area (Å²) < 4.78 is 1.53. The molecule has 0 aliphatic heterocycles. The first-order chi connectivity index (χ1) is 9.01. The lowest BCUT2D eigenvalue weighted by molar-refractivity contribution is 0.153. The Morgan fingerprint density at radius 2 is 2.21 bits per heavy atom. The van der Waals surface area contributed by atoms with Crippen molar-refractivity contribution in [1.29, 1.82) is 0 Å². The van der Waals surface area contributed by atoms with E-state index in [1.54, 1.807) is 12.3 Å². The molecule has 1 unspecified atom stereocenters. The van der Waals surface area contributed by atoms with Crippen LogP contribution in [0.25, 0.3) is 5.65 Å². The predicted molar refractivity (Wildman–Crippen MR) is 74.2 cm³/mol. The Morgan fingerprint density at radius 3 is 2.89 bits per heavy atom. The van der Waals surface area contributed by atoms with Gasteiger partial charge in [0.1, 0.15) is 5.65 Å². The van der Waals surface area contributed by atoms with Crippen molar-refractivity contribution in [2.24, 2.45) is 0 Å². The first-order valence-corrected chi connectivity index (χ1v) is 6.31. The van der Waals surface area contributed by atoms with E-state index in [1.165, 1.54) is 4.40 Å². The van der Waals surface area contributed by atoms with Gasteiger partial charge in [0.2, 0.25) is 0 Å². The lowest BCUT2D eigenvalue weighted by atomic mass is 10.2. The van der Waals surface area contributed by atoms with Gasteiger partial charge in [-0.2, -0.15) is 0 Å².